The molecule has 1 saturated carbocycles. The Bertz CT molecular complexity index is 187. The van der Waals surface area contributed by atoms with E-state index in [0.717, 1.165) is 6.42 Å². The Hall–Kier alpha value is -0.0800. The predicted octanol–water partition coefficient (Wildman–Crippen LogP) is 4.02. The molecule has 1 rings (SSSR count). The van der Waals surface area contributed by atoms with E-state index in [2.05, 4.69) is 6.92 Å². The second-order valence-electron chi connectivity index (χ2n) is 5.64. The summed E-state index contributed by atoms with van der Waals surface area (Å²) >= 11 is 0. The molecule has 1 aliphatic carbocycles. The molecule has 1 atom stereocenters. The van der Waals surface area contributed by atoms with Crippen LogP contribution in [0.15, 0.2) is 0 Å². The van der Waals surface area contributed by atoms with Crippen LogP contribution in [0.1, 0.15) is 77.6 Å². The number of unbranched alkanes of at least 4 members (excludes halogenated alkanes) is 4. The van der Waals surface area contributed by atoms with E-state index in [0.29, 0.717) is 0 Å². The first-order valence-corrected chi connectivity index (χ1v) is 7.56. The third-order valence-electron chi connectivity index (χ3n) is 4.40. The van der Waals surface area contributed by atoms with Crippen LogP contribution in [0.3, 0.4) is 0 Å². The number of ether oxygens (including phenoxy) is 1. The van der Waals surface area contributed by atoms with Crippen molar-refractivity contribution >= 4 is 0 Å². The van der Waals surface area contributed by atoms with Crippen molar-refractivity contribution in [2.24, 2.45) is 5.73 Å². The molecule has 0 aromatic carbocycles. The first-order valence-electron chi connectivity index (χ1n) is 7.56. The predicted molar refractivity (Wildman–Crippen MR) is 74.2 cm³/mol. The maximum Gasteiger partial charge on any atom is 0.0828 e. The minimum absolute atomic E-state index is 0.00298. The van der Waals surface area contributed by atoms with Crippen LogP contribution in [0, 0.1) is 0 Å². The van der Waals surface area contributed by atoms with Gasteiger partial charge in [-0.25, -0.2) is 0 Å². The van der Waals surface area contributed by atoms with Gasteiger partial charge in [0.2, 0.25) is 0 Å². The van der Waals surface area contributed by atoms with Gasteiger partial charge < -0.3 is 10.5 Å². The van der Waals surface area contributed by atoms with E-state index < -0.39 is 0 Å². The van der Waals surface area contributed by atoms with Gasteiger partial charge in [0.15, 0.2) is 0 Å². The van der Waals surface area contributed by atoms with Crippen molar-refractivity contribution in [2.45, 2.75) is 89.2 Å². The van der Waals surface area contributed by atoms with Gasteiger partial charge in [-0.2, -0.15) is 0 Å². The third-order valence-corrected chi connectivity index (χ3v) is 4.40. The van der Waals surface area contributed by atoms with Crippen LogP contribution in [0.2, 0.25) is 0 Å². The fourth-order valence-corrected chi connectivity index (χ4v) is 3.11. The number of nitrogens with two attached hydrogens (primary N) is 1. The summed E-state index contributed by atoms with van der Waals surface area (Å²) in [6, 6.07) is 0.245. The van der Waals surface area contributed by atoms with E-state index in [4.69, 9.17) is 10.5 Å². The monoisotopic (exact) mass is 241 g/mol. The average Bonchev–Trinajstić information content (AvgIpc) is 2.39. The zero-order chi connectivity index (χ0) is 12.6. The van der Waals surface area contributed by atoms with Gasteiger partial charge in [0.1, 0.15) is 0 Å². The molecular weight excluding hydrogens is 210 g/mol. The van der Waals surface area contributed by atoms with Gasteiger partial charge >= 0.3 is 0 Å². The lowest BCUT2D eigenvalue weighted by molar-refractivity contribution is -0.0605. The van der Waals surface area contributed by atoms with Crippen LogP contribution < -0.4 is 5.73 Å². The highest BCUT2D eigenvalue weighted by atomic mass is 16.5. The topological polar surface area (TPSA) is 35.2 Å². The molecule has 0 aromatic rings. The highest BCUT2D eigenvalue weighted by Crippen LogP contribution is 2.34. The zero-order valence-corrected chi connectivity index (χ0v) is 11.8. The Morgan fingerprint density at radius 1 is 1.06 bits per heavy atom. The summed E-state index contributed by atoms with van der Waals surface area (Å²) < 4.78 is 5.79. The quantitative estimate of drug-likeness (QED) is 0.651. The molecule has 0 spiro atoms. The maximum absolute atomic E-state index is 6.38. The Labute approximate surface area is 107 Å². The fraction of sp³-hybridized carbons (Fsp3) is 1.00. The zero-order valence-electron chi connectivity index (χ0n) is 11.8. The van der Waals surface area contributed by atoms with Gasteiger partial charge in [-0.05, 0) is 19.3 Å². The van der Waals surface area contributed by atoms with Crippen LogP contribution in [0.4, 0.5) is 0 Å². The van der Waals surface area contributed by atoms with Crippen molar-refractivity contribution in [1.82, 2.24) is 0 Å². The summed E-state index contributed by atoms with van der Waals surface area (Å²) in [5.41, 5.74) is 6.39. The molecular formula is C15H31NO. The number of methoxy groups -OCH3 is 1. The van der Waals surface area contributed by atoms with Crippen LogP contribution in [0.5, 0.6) is 0 Å². The summed E-state index contributed by atoms with van der Waals surface area (Å²) in [5.74, 6) is 0. The minimum atomic E-state index is 0.00298. The smallest absolute Gasteiger partial charge is 0.0828 e. The van der Waals surface area contributed by atoms with Gasteiger partial charge in [-0.3, -0.25) is 0 Å². The van der Waals surface area contributed by atoms with Crippen molar-refractivity contribution in [3.8, 4) is 0 Å². The van der Waals surface area contributed by atoms with Crippen molar-refractivity contribution in [3.63, 3.8) is 0 Å². The minimum Gasteiger partial charge on any atom is -0.377 e. The molecule has 1 fully saturated rings. The van der Waals surface area contributed by atoms with Gasteiger partial charge in [-0.1, -0.05) is 58.3 Å². The average molecular weight is 241 g/mol. The largest absolute Gasteiger partial charge is 0.377 e. The van der Waals surface area contributed by atoms with Crippen molar-refractivity contribution in [1.29, 1.82) is 0 Å². The Morgan fingerprint density at radius 3 is 2.29 bits per heavy atom. The summed E-state index contributed by atoms with van der Waals surface area (Å²) in [4.78, 5) is 0. The Kier molecular flexibility index (Phi) is 7.14. The Morgan fingerprint density at radius 2 is 1.71 bits per heavy atom. The number of hydrogen-bond donors (Lipinski definition) is 1. The van der Waals surface area contributed by atoms with Crippen LogP contribution in [0.25, 0.3) is 0 Å². The molecule has 1 unspecified atom stereocenters. The third kappa shape index (κ3) is 4.59. The lowest BCUT2D eigenvalue weighted by atomic mass is 9.78. The van der Waals surface area contributed by atoms with E-state index in [1.165, 1.54) is 64.2 Å². The van der Waals surface area contributed by atoms with Gasteiger partial charge in [0.25, 0.3) is 0 Å². The molecule has 0 saturated heterocycles. The highest BCUT2D eigenvalue weighted by Gasteiger charge is 2.37. The molecule has 1 aliphatic rings. The molecule has 17 heavy (non-hydrogen) atoms. The molecule has 2 N–H and O–H groups in total. The molecule has 0 amide bonds. The normalized spacial score (nSPS) is 21.4. The van der Waals surface area contributed by atoms with Crippen LogP contribution >= 0.6 is 0 Å². The molecule has 0 heterocycles. The van der Waals surface area contributed by atoms with Gasteiger partial charge in [0, 0.05) is 13.2 Å². The van der Waals surface area contributed by atoms with E-state index >= 15 is 0 Å². The summed E-state index contributed by atoms with van der Waals surface area (Å²) in [7, 11) is 1.85. The molecule has 2 nitrogen and oxygen atoms in total. The molecule has 0 aromatic heterocycles. The number of rotatable bonds is 8. The van der Waals surface area contributed by atoms with Gasteiger partial charge in [-0.15, -0.1) is 0 Å². The van der Waals surface area contributed by atoms with E-state index in [-0.39, 0.29) is 11.6 Å². The lowest BCUT2D eigenvalue weighted by Gasteiger charge is -2.41. The second kappa shape index (κ2) is 8.10. The molecule has 0 aliphatic heterocycles. The second-order valence-corrected chi connectivity index (χ2v) is 5.64. The number of hydrogen-bond acceptors (Lipinski definition) is 2. The lowest BCUT2D eigenvalue weighted by Crippen LogP contribution is -2.50. The Balaban J connectivity index is 2.25. The van der Waals surface area contributed by atoms with Crippen LogP contribution in [-0.4, -0.2) is 18.8 Å². The summed E-state index contributed by atoms with van der Waals surface area (Å²) in [6.07, 6.45) is 14.1. The first kappa shape index (κ1) is 15.0. The molecule has 2 heteroatoms. The molecule has 0 radical (unpaired) electrons. The van der Waals surface area contributed by atoms with E-state index in [1.807, 2.05) is 7.11 Å². The SMILES string of the molecule is CCCCCCCC(N)C1(OC)CCCCC1. The standard InChI is InChI=1S/C15H31NO/c1-3-4-5-6-8-11-14(16)15(17-2)12-9-7-10-13-15/h14H,3-13,16H2,1-2H3. The van der Waals surface area contributed by atoms with Crippen molar-refractivity contribution < 1.29 is 4.74 Å². The maximum atomic E-state index is 6.38. The molecule has 102 valence electrons. The summed E-state index contributed by atoms with van der Waals surface area (Å²) in [5, 5.41) is 0. The van der Waals surface area contributed by atoms with Crippen molar-refractivity contribution in [2.75, 3.05) is 7.11 Å². The van der Waals surface area contributed by atoms with Crippen LogP contribution in [-0.2, 0) is 4.74 Å². The highest BCUT2D eigenvalue weighted by molar-refractivity contribution is 4.93. The first-order chi connectivity index (χ1) is 8.25. The van der Waals surface area contributed by atoms with E-state index in [1.54, 1.807) is 0 Å². The summed E-state index contributed by atoms with van der Waals surface area (Å²) in [6.45, 7) is 2.26. The van der Waals surface area contributed by atoms with Gasteiger partial charge in [0.05, 0.1) is 5.60 Å². The van der Waals surface area contributed by atoms with E-state index in [9.17, 15) is 0 Å². The van der Waals surface area contributed by atoms with Crippen molar-refractivity contribution in [3.05, 3.63) is 0 Å². The fourth-order valence-electron chi connectivity index (χ4n) is 3.11. The molecule has 0 bridgehead atoms.